The smallest absolute Gasteiger partial charge is 0.325 e. The van der Waals surface area contributed by atoms with E-state index in [1.165, 1.54) is 14.2 Å². The molecule has 4 aromatic carbocycles. The number of ether oxygens (including phenoxy) is 2. The largest absolute Gasteiger partial charge is 0.496 e. The summed E-state index contributed by atoms with van der Waals surface area (Å²) in [7, 11) is 2.96. The Morgan fingerprint density at radius 2 is 1.03 bits per heavy atom. The third kappa shape index (κ3) is 12.2. The van der Waals surface area contributed by atoms with Crippen molar-refractivity contribution in [3.63, 3.8) is 0 Å². The number of carboxylic acid groups (broad SMARTS) is 2. The van der Waals surface area contributed by atoms with Crippen molar-refractivity contribution in [1.82, 2.24) is 9.97 Å². The van der Waals surface area contributed by atoms with Crippen molar-refractivity contribution in [2.24, 2.45) is 0 Å². The van der Waals surface area contributed by atoms with Gasteiger partial charge in [0, 0.05) is 11.1 Å². The molecule has 0 saturated heterocycles. The molecule has 0 aliphatic rings. The Kier molecular flexibility index (Phi) is 15.9. The zero-order valence-electron chi connectivity index (χ0n) is 33.1. The molecule has 16 nitrogen and oxygen atoms in total. The molecular weight excluding hydrogens is 928 g/mol. The summed E-state index contributed by atoms with van der Waals surface area (Å²) in [5.74, 6) is -1.85. The molecule has 0 aliphatic carbocycles. The number of ketones is 2. The SMILES string of the molecule is COc1ccccc1C(=O)c1cc(C)ccc1NC(=O)Nc1nc(CC(=O)O)c(Br)s1.COc1ccccc1C(=O)c1cc(C)ccc1NC(=O)Nc1nc(CC(=O)O)c(Cl)s1. The van der Waals surface area contributed by atoms with E-state index in [4.69, 9.17) is 31.3 Å². The summed E-state index contributed by atoms with van der Waals surface area (Å²) in [6.45, 7) is 3.68. The second-order valence-electron chi connectivity index (χ2n) is 12.9. The molecule has 0 saturated carbocycles. The second-order valence-corrected chi connectivity index (χ2v) is 16.9. The lowest BCUT2D eigenvalue weighted by Crippen LogP contribution is -2.21. The molecule has 0 aliphatic heterocycles. The summed E-state index contributed by atoms with van der Waals surface area (Å²) < 4.78 is 11.3. The summed E-state index contributed by atoms with van der Waals surface area (Å²) in [4.78, 5) is 81.2. The number of aryl methyl sites for hydroxylation is 2. The van der Waals surface area contributed by atoms with Gasteiger partial charge in [0.2, 0.25) is 0 Å². The number of methoxy groups -OCH3 is 2. The molecule has 6 N–H and O–H groups in total. The number of anilines is 4. The molecule has 0 radical (unpaired) electrons. The van der Waals surface area contributed by atoms with Crippen LogP contribution in [-0.4, -0.2) is 70.0 Å². The monoisotopic (exact) mass is 962 g/mol. The molecule has 0 spiro atoms. The van der Waals surface area contributed by atoms with Gasteiger partial charge in [-0.2, -0.15) is 0 Å². The maximum Gasteiger partial charge on any atom is 0.325 e. The van der Waals surface area contributed by atoms with Crippen molar-refractivity contribution >= 4 is 107 Å². The maximum atomic E-state index is 13.2. The maximum absolute atomic E-state index is 13.2. The standard InChI is InChI=1S/C21H18BrN3O5S.C21H18ClN3O5S/c2*1-11-7-8-14(13(9-11)18(28)12-5-3-4-6-16(12)30-2)23-20(29)25-21-24-15(10-17(26)27)19(22)31-21/h2*3-9H,10H2,1-2H3,(H,26,27)(H2,23,24,25,29). The quantitative estimate of drug-likeness (QED) is 0.0561. The highest BCUT2D eigenvalue weighted by Gasteiger charge is 2.22. The Bertz CT molecular complexity index is 2510. The number of aromatic nitrogens is 2. The Morgan fingerprint density at radius 1 is 0.613 bits per heavy atom. The van der Waals surface area contributed by atoms with Crippen LogP contribution in [0.2, 0.25) is 4.34 Å². The van der Waals surface area contributed by atoms with Crippen LogP contribution in [0.3, 0.4) is 0 Å². The zero-order valence-corrected chi connectivity index (χ0v) is 37.1. The molecule has 0 unspecified atom stereocenters. The Hall–Kier alpha value is -6.67. The van der Waals surface area contributed by atoms with Crippen molar-refractivity contribution in [2.75, 3.05) is 35.5 Å². The molecule has 20 heteroatoms. The molecule has 320 valence electrons. The number of nitrogens with one attached hydrogen (secondary N) is 4. The van der Waals surface area contributed by atoms with Gasteiger partial charge < -0.3 is 30.3 Å². The van der Waals surface area contributed by atoms with Gasteiger partial charge in [-0.3, -0.25) is 29.8 Å². The van der Waals surface area contributed by atoms with Crippen molar-refractivity contribution in [3.05, 3.63) is 138 Å². The van der Waals surface area contributed by atoms with Gasteiger partial charge in [-0.25, -0.2) is 19.6 Å². The number of amides is 4. The second kappa shape index (κ2) is 21.2. The van der Waals surface area contributed by atoms with E-state index in [0.717, 1.165) is 33.8 Å². The van der Waals surface area contributed by atoms with Crippen LogP contribution in [0.25, 0.3) is 0 Å². The number of rotatable bonds is 14. The average molecular weight is 964 g/mol. The van der Waals surface area contributed by atoms with Crippen LogP contribution in [0.15, 0.2) is 88.7 Å². The summed E-state index contributed by atoms with van der Waals surface area (Å²) in [6, 6.07) is 22.6. The van der Waals surface area contributed by atoms with Gasteiger partial charge in [0.15, 0.2) is 21.8 Å². The molecule has 4 amide bonds. The van der Waals surface area contributed by atoms with Crippen LogP contribution in [0.5, 0.6) is 11.5 Å². The van der Waals surface area contributed by atoms with E-state index in [1.807, 2.05) is 13.8 Å². The molecule has 0 bridgehead atoms. The number of thiazole rings is 2. The van der Waals surface area contributed by atoms with Gasteiger partial charge >= 0.3 is 24.0 Å². The summed E-state index contributed by atoms with van der Waals surface area (Å²) in [6.07, 6.45) is -0.621. The first-order valence-electron chi connectivity index (χ1n) is 18.0. The number of benzene rings is 4. The number of para-hydroxylation sites is 2. The molecular formula is C42H36BrClN6O10S2. The molecule has 62 heavy (non-hydrogen) atoms. The highest BCUT2D eigenvalue weighted by atomic mass is 79.9. The average Bonchev–Trinajstić information content (AvgIpc) is 3.75. The number of carbonyl (C=O) groups is 6. The van der Waals surface area contributed by atoms with Gasteiger partial charge in [-0.1, -0.05) is 81.8 Å². The van der Waals surface area contributed by atoms with Crippen molar-refractivity contribution in [1.29, 1.82) is 0 Å². The summed E-state index contributed by atoms with van der Waals surface area (Å²) >= 11 is 11.3. The lowest BCUT2D eigenvalue weighted by atomic mass is 9.99. The van der Waals surface area contributed by atoms with E-state index in [9.17, 15) is 28.8 Å². The van der Waals surface area contributed by atoms with E-state index in [2.05, 4.69) is 47.2 Å². The predicted molar refractivity (Wildman–Crippen MR) is 240 cm³/mol. The number of carboxylic acids is 2. The number of hydrogen-bond donors (Lipinski definition) is 6. The van der Waals surface area contributed by atoms with E-state index in [-0.39, 0.29) is 44.7 Å². The summed E-state index contributed by atoms with van der Waals surface area (Å²) in [5.41, 5.74) is 4.14. The van der Waals surface area contributed by atoms with Gasteiger partial charge in [0.1, 0.15) is 15.8 Å². The van der Waals surface area contributed by atoms with Gasteiger partial charge in [-0.05, 0) is 78.3 Å². The highest BCUT2D eigenvalue weighted by molar-refractivity contribution is 9.11. The number of halogens is 2. The zero-order chi connectivity index (χ0) is 45.1. The fraction of sp³-hybridized carbons (Fsp3) is 0.143. The number of hydrogen-bond acceptors (Lipinski definition) is 12. The van der Waals surface area contributed by atoms with Crippen LogP contribution in [0.4, 0.5) is 31.2 Å². The number of carbonyl (C=O) groups excluding carboxylic acids is 4. The Labute approximate surface area is 375 Å². The number of aliphatic carboxylic acids is 2. The molecule has 6 rings (SSSR count). The molecule has 6 aromatic rings. The fourth-order valence-corrected chi connectivity index (χ4v) is 8.07. The minimum absolute atomic E-state index is 0.142. The summed E-state index contributed by atoms with van der Waals surface area (Å²) in [5, 5.41) is 28.6. The van der Waals surface area contributed by atoms with Crippen LogP contribution >= 0.6 is 50.2 Å². The van der Waals surface area contributed by atoms with Crippen LogP contribution in [0.1, 0.15) is 54.4 Å². The van der Waals surface area contributed by atoms with Crippen molar-refractivity contribution < 1.29 is 48.5 Å². The van der Waals surface area contributed by atoms with Crippen LogP contribution in [0, 0.1) is 13.8 Å². The minimum atomic E-state index is -1.08. The van der Waals surface area contributed by atoms with E-state index in [0.29, 0.717) is 54.6 Å². The van der Waals surface area contributed by atoms with Crippen LogP contribution < -0.4 is 30.7 Å². The third-order valence-corrected chi connectivity index (χ3v) is 11.4. The number of urea groups is 2. The minimum Gasteiger partial charge on any atom is -0.496 e. The molecule has 0 fully saturated rings. The molecule has 2 aromatic heterocycles. The molecule has 2 heterocycles. The van der Waals surface area contributed by atoms with E-state index in [1.54, 1.807) is 84.9 Å². The Balaban J connectivity index is 0.000000234. The van der Waals surface area contributed by atoms with E-state index >= 15 is 0 Å². The molecule has 0 atom stereocenters. The highest BCUT2D eigenvalue weighted by Crippen LogP contribution is 2.32. The first-order chi connectivity index (χ1) is 29.6. The van der Waals surface area contributed by atoms with Crippen molar-refractivity contribution in [2.45, 2.75) is 26.7 Å². The number of nitrogens with zero attached hydrogens (tertiary/aromatic N) is 2. The van der Waals surface area contributed by atoms with Crippen molar-refractivity contribution in [3.8, 4) is 11.5 Å². The first-order valence-corrected chi connectivity index (χ1v) is 20.8. The predicted octanol–water partition coefficient (Wildman–Crippen LogP) is 9.34. The van der Waals surface area contributed by atoms with Gasteiger partial charge in [-0.15, -0.1) is 0 Å². The van der Waals surface area contributed by atoms with E-state index < -0.39 is 24.0 Å². The topological polar surface area (TPSA) is 235 Å². The van der Waals surface area contributed by atoms with Gasteiger partial charge in [0.25, 0.3) is 0 Å². The first kappa shape index (κ1) is 46.4. The lowest BCUT2D eigenvalue weighted by Gasteiger charge is -2.13. The van der Waals surface area contributed by atoms with Gasteiger partial charge in [0.05, 0.1) is 64.7 Å². The lowest BCUT2D eigenvalue weighted by molar-refractivity contribution is -0.137. The van der Waals surface area contributed by atoms with Crippen LogP contribution in [-0.2, 0) is 22.4 Å². The third-order valence-electron chi connectivity index (χ3n) is 8.42. The Morgan fingerprint density at radius 3 is 1.48 bits per heavy atom. The normalized spacial score (nSPS) is 10.4. The fourth-order valence-electron chi connectivity index (χ4n) is 5.64.